The highest BCUT2D eigenvalue weighted by molar-refractivity contribution is 5.27. The van der Waals surface area contributed by atoms with Crippen molar-refractivity contribution in [1.29, 1.82) is 0 Å². The van der Waals surface area contributed by atoms with E-state index >= 15 is 0 Å². The van der Waals surface area contributed by atoms with Crippen LogP contribution in [-0.4, -0.2) is 34.7 Å². The Balaban J connectivity index is 1.33. The van der Waals surface area contributed by atoms with Gasteiger partial charge in [-0.05, 0) is 67.5 Å². The lowest BCUT2D eigenvalue weighted by atomic mass is 9.72. The molecule has 5 rings (SSSR count). The van der Waals surface area contributed by atoms with Gasteiger partial charge in [-0.2, -0.15) is 0 Å². The van der Waals surface area contributed by atoms with Gasteiger partial charge in [-0.1, -0.05) is 67.1 Å². The molecule has 2 aromatic carbocycles. The van der Waals surface area contributed by atoms with Crippen molar-refractivity contribution < 1.29 is 10.2 Å². The molecule has 160 valence electrons. The van der Waals surface area contributed by atoms with Crippen LogP contribution < -0.4 is 0 Å². The summed E-state index contributed by atoms with van der Waals surface area (Å²) >= 11 is 0. The number of nitrogens with zero attached hydrogens (tertiary/aromatic N) is 1. The van der Waals surface area contributed by atoms with Crippen LogP contribution in [0.3, 0.4) is 0 Å². The highest BCUT2D eigenvalue weighted by Gasteiger charge is 2.47. The van der Waals surface area contributed by atoms with Crippen molar-refractivity contribution in [3.05, 3.63) is 71.8 Å². The zero-order valence-electron chi connectivity index (χ0n) is 17.9. The van der Waals surface area contributed by atoms with Crippen molar-refractivity contribution in [2.75, 3.05) is 19.6 Å². The monoisotopic (exact) mass is 405 g/mol. The lowest BCUT2D eigenvalue weighted by Crippen LogP contribution is -2.52. The van der Waals surface area contributed by atoms with Crippen LogP contribution in [0.4, 0.5) is 0 Å². The molecule has 6 atom stereocenters. The molecule has 3 heteroatoms. The Morgan fingerprint density at radius 3 is 2.37 bits per heavy atom. The number of rotatable bonds is 6. The average Bonchev–Trinajstić information content (AvgIpc) is 3.43. The molecule has 3 nitrogen and oxygen atoms in total. The molecule has 1 unspecified atom stereocenters. The number of hydrogen-bond donors (Lipinski definition) is 2. The van der Waals surface area contributed by atoms with Gasteiger partial charge in [0.2, 0.25) is 0 Å². The summed E-state index contributed by atoms with van der Waals surface area (Å²) in [5.74, 6) is 2.62. The fourth-order valence-corrected chi connectivity index (χ4v) is 6.64. The largest absolute Gasteiger partial charge is 0.388 e. The number of aliphatic hydroxyl groups excluding tert-OH is 1. The van der Waals surface area contributed by atoms with Crippen LogP contribution in [-0.2, 0) is 5.60 Å². The summed E-state index contributed by atoms with van der Waals surface area (Å²) in [5, 5.41) is 23.2. The van der Waals surface area contributed by atoms with E-state index < -0.39 is 11.7 Å². The van der Waals surface area contributed by atoms with E-state index in [4.69, 9.17) is 0 Å². The highest BCUT2D eigenvalue weighted by atomic mass is 16.3. The Morgan fingerprint density at radius 1 is 0.967 bits per heavy atom. The normalized spacial score (nSPS) is 34.9. The first kappa shape index (κ1) is 20.2. The number of likely N-dealkylation sites (tertiary alicyclic amines) is 1. The summed E-state index contributed by atoms with van der Waals surface area (Å²) in [4.78, 5) is 2.50. The van der Waals surface area contributed by atoms with E-state index in [1.54, 1.807) is 0 Å². The maximum atomic E-state index is 11.8. The van der Waals surface area contributed by atoms with Crippen LogP contribution in [0.2, 0.25) is 0 Å². The van der Waals surface area contributed by atoms with E-state index in [1.165, 1.54) is 32.1 Å². The third kappa shape index (κ3) is 3.84. The Bertz CT molecular complexity index is 825. The number of benzene rings is 2. The van der Waals surface area contributed by atoms with Crippen molar-refractivity contribution in [2.45, 2.75) is 50.2 Å². The average molecular weight is 406 g/mol. The Hall–Kier alpha value is -1.68. The van der Waals surface area contributed by atoms with Gasteiger partial charge in [-0.15, -0.1) is 0 Å². The summed E-state index contributed by atoms with van der Waals surface area (Å²) < 4.78 is 0. The van der Waals surface area contributed by atoms with Gasteiger partial charge < -0.3 is 15.1 Å². The molecule has 3 fully saturated rings. The third-order valence-electron chi connectivity index (χ3n) is 8.37. The van der Waals surface area contributed by atoms with Gasteiger partial charge in [0.25, 0.3) is 0 Å². The van der Waals surface area contributed by atoms with E-state index in [9.17, 15) is 10.2 Å². The number of hydrogen-bond acceptors (Lipinski definition) is 3. The Morgan fingerprint density at radius 2 is 1.70 bits per heavy atom. The second-order valence-corrected chi connectivity index (χ2v) is 10.0. The zero-order valence-corrected chi connectivity index (χ0v) is 17.9. The van der Waals surface area contributed by atoms with Crippen molar-refractivity contribution in [1.82, 2.24) is 4.90 Å². The van der Waals surface area contributed by atoms with Gasteiger partial charge in [-0.3, -0.25) is 0 Å². The Labute approximate surface area is 180 Å². The van der Waals surface area contributed by atoms with Gasteiger partial charge in [0.15, 0.2) is 0 Å². The minimum atomic E-state index is -1.00. The third-order valence-corrected chi connectivity index (χ3v) is 8.37. The first-order valence-corrected chi connectivity index (χ1v) is 11.9. The molecule has 0 radical (unpaired) electrons. The summed E-state index contributed by atoms with van der Waals surface area (Å²) in [6, 6.07) is 19.8. The number of aliphatic hydroxyl groups is 2. The summed E-state index contributed by atoms with van der Waals surface area (Å²) in [7, 11) is 0. The van der Waals surface area contributed by atoms with Crippen molar-refractivity contribution in [2.24, 2.45) is 23.7 Å². The van der Waals surface area contributed by atoms with E-state index in [1.807, 2.05) is 60.7 Å². The summed E-state index contributed by atoms with van der Waals surface area (Å²) in [6.45, 7) is 2.73. The number of fused-ring (bicyclic) bond motifs is 2. The lowest BCUT2D eigenvalue weighted by molar-refractivity contribution is -0.123. The quantitative estimate of drug-likeness (QED) is 0.728. The molecule has 3 aliphatic rings. The molecule has 1 heterocycles. The molecule has 2 bridgehead atoms. The van der Waals surface area contributed by atoms with E-state index in [0.29, 0.717) is 6.42 Å². The predicted octanol–water partition coefficient (Wildman–Crippen LogP) is 4.76. The SMILES string of the molecule is O[C@@H](c1ccccc1)[C@@H]1CN(CCC2C[C@@H]3CC[C@H]2C3)CC[C@@]1(O)c1ccccc1. The first-order valence-electron chi connectivity index (χ1n) is 11.9. The second-order valence-electron chi connectivity index (χ2n) is 10.0. The van der Waals surface area contributed by atoms with Crippen molar-refractivity contribution in [3.8, 4) is 0 Å². The fraction of sp³-hybridized carbons (Fsp3) is 0.556. The lowest BCUT2D eigenvalue weighted by Gasteiger charge is -2.47. The molecule has 2 aliphatic carbocycles. The fourth-order valence-electron chi connectivity index (χ4n) is 6.64. The van der Waals surface area contributed by atoms with Crippen LogP contribution in [0.5, 0.6) is 0 Å². The second kappa shape index (κ2) is 8.45. The van der Waals surface area contributed by atoms with Gasteiger partial charge >= 0.3 is 0 Å². The van der Waals surface area contributed by atoms with E-state index in [2.05, 4.69) is 4.90 Å². The van der Waals surface area contributed by atoms with Crippen LogP contribution in [0.25, 0.3) is 0 Å². The van der Waals surface area contributed by atoms with E-state index in [0.717, 1.165) is 48.5 Å². The van der Waals surface area contributed by atoms with E-state index in [-0.39, 0.29) is 5.92 Å². The molecule has 1 aliphatic heterocycles. The zero-order chi connectivity index (χ0) is 20.6. The van der Waals surface area contributed by atoms with Gasteiger partial charge in [0.05, 0.1) is 11.7 Å². The molecule has 30 heavy (non-hydrogen) atoms. The van der Waals surface area contributed by atoms with Gasteiger partial charge in [0.1, 0.15) is 0 Å². The molecule has 0 aromatic heterocycles. The van der Waals surface area contributed by atoms with Crippen LogP contribution >= 0.6 is 0 Å². The molecule has 2 saturated carbocycles. The maximum absolute atomic E-state index is 11.8. The number of piperidine rings is 1. The maximum Gasteiger partial charge on any atom is 0.0977 e. The summed E-state index contributed by atoms with van der Waals surface area (Å²) in [6.07, 6.45) is 7.07. The molecule has 2 aromatic rings. The highest BCUT2D eigenvalue weighted by Crippen LogP contribution is 2.50. The van der Waals surface area contributed by atoms with Gasteiger partial charge in [-0.25, -0.2) is 0 Å². The smallest absolute Gasteiger partial charge is 0.0977 e. The van der Waals surface area contributed by atoms with Crippen LogP contribution in [0.15, 0.2) is 60.7 Å². The summed E-state index contributed by atoms with van der Waals surface area (Å²) in [5.41, 5.74) is 0.823. The van der Waals surface area contributed by atoms with Crippen molar-refractivity contribution >= 4 is 0 Å². The Kier molecular flexibility index (Phi) is 5.70. The topological polar surface area (TPSA) is 43.7 Å². The molecule has 0 spiro atoms. The molecular formula is C27H35NO2. The molecule has 1 saturated heterocycles. The first-order chi connectivity index (χ1) is 14.6. The molecule has 2 N–H and O–H groups in total. The van der Waals surface area contributed by atoms with Crippen LogP contribution in [0, 0.1) is 23.7 Å². The van der Waals surface area contributed by atoms with Crippen molar-refractivity contribution in [3.63, 3.8) is 0 Å². The van der Waals surface area contributed by atoms with Crippen LogP contribution in [0.1, 0.15) is 55.8 Å². The molecule has 0 amide bonds. The molecular weight excluding hydrogens is 370 g/mol. The predicted molar refractivity (Wildman–Crippen MR) is 120 cm³/mol. The minimum absolute atomic E-state index is 0.240. The standard InChI is InChI=1S/C27H35NO2/c29-26(21-7-3-1-4-8-21)25-19-28(15-13-23-18-20-11-12-22(23)17-20)16-14-27(25,30)24-9-5-2-6-10-24/h1-10,20,22-23,25-26,29-30H,11-19H2/t20-,22+,23?,25+,26+,27-/m1/s1. The minimum Gasteiger partial charge on any atom is -0.388 e. The van der Waals surface area contributed by atoms with Gasteiger partial charge in [0, 0.05) is 19.0 Å².